The highest BCUT2D eigenvalue weighted by Crippen LogP contribution is 2.14. The van der Waals surface area contributed by atoms with E-state index in [1.54, 1.807) is 6.92 Å². The van der Waals surface area contributed by atoms with E-state index in [4.69, 9.17) is 10.3 Å². The van der Waals surface area contributed by atoms with Crippen molar-refractivity contribution >= 4 is 5.91 Å². The van der Waals surface area contributed by atoms with E-state index in [9.17, 15) is 4.79 Å². The molecule has 2 N–H and O–H groups in total. The summed E-state index contributed by atoms with van der Waals surface area (Å²) in [6.07, 6.45) is 0. The summed E-state index contributed by atoms with van der Waals surface area (Å²) in [4.78, 5) is 19.6. The molecule has 2 rings (SSSR count). The Morgan fingerprint density at radius 2 is 2.00 bits per heavy atom. The molecule has 2 heterocycles. The second-order valence-corrected chi connectivity index (χ2v) is 5.52. The molecule has 7 heteroatoms. The van der Waals surface area contributed by atoms with Crippen LogP contribution in [-0.2, 0) is 16.9 Å². The van der Waals surface area contributed by atoms with Gasteiger partial charge >= 0.3 is 0 Å². The predicted octanol–water partition coefficient (Wildman–Crippen LogP) is -0.0725. The maximum absolute atomic E-state index is 11.2. The number of nitrogens with two attached hydrogens (primary N) is 1. The normalized spacial score (nSPS) is 17.8. The second-order valence-electron chi connectivity index (χ2n) is 5.52. The molecule has 1 aromatic heterocycles. The minimum Gasteiger partial charge on any atom is -0.340 e. The molecule has 1 aliphatic rings. The highest BCUT2D eigenvalue weighted by Gasteiger charge is 2.24. The topological polar surface area (TPSA) is 88.5 Å². The van der Waals surface area contributed by atoms with Gasteiger partial charge < -0.3 is 15.2 Å². The Balaban J connectivity index is 1.89. The summed E-state index contributed by atoms with van der Waals surface area (Å²) >= 11 is 0. The van der Waals surface area contributed by atoms with Crippen molar-refractivity contribution in [2.24, 2.45) is 5.73 Å². The van der Waals surface area contributed by atoms with Crippen LogP contribution in [0, 0.1) is 0 Å². The average molecular weight is 267 g/mol. The van der Waals surface area contributed by atoms with Crippen molar-refractivity contribution in [2.45, 2.75) is 32.9 Å². The van der Waals surface area contributed by atoms with Crippen molar-refractivity contribution in [1.29, 1.82) is 0 Å². The lowest BCUT2D eigenvalue weighted by molar-refractivity contribution is -0.130. The van der Waals surface area contributed by atoms with Crippen LogP contribution in [0.25, 0.3) is 0 Å². The summed E-state index contributed by atoms with van der Waals surface area (Å²) in [5.74, 6) is 1.22. The van der Waals surface area contributed by atoms with E-state index < -0.39 is 5.54 Å². The van der Waals surface area contributed by atoms with Crippen LogP contribution in [0.1, 0.15) is 32.5 Å². The summed E-state index contributed by atoms with van der Waals surface area (Å²) in [6.45, 7) is 9.03. The molecule has 0 spiro atoms. The fourth-order valence-corrected chi connectivity index (χ4v) is 1.99. The minimum absolute atomic E-state index is 0.129. The Kier molecular flexibility index (Phi) is 3.86. The molecular formula is C12H21N5O2. The summed E-state index contributed by atoms with van der Waals surface area (Å²) < 4.78 is 5.20. The van der Waals surface area contributed by atoms with Gasteiger partial charge in [-0.3, -0.25) is 9.69 Å². The van der Waals surface area contributed by atoms with Crippen LogP contribution in [0.2, 0.25) is 0 Å². The molecule has 0 aromatic carbocycles. The predicted molar refractivity (Wildman–Crippen MR) is 69.0 cm³/mol. The number of carbonyl (C=O) groups excluding carboxylic acids is 1. The molecule has 1 fully saturated rings. The van der Waals surface area contributed by atoms with E-state index in [2.05, 4.69) is 15.0 Å². The Bertz CT molecular complexity index is 443. The molecule has 0 atom stereocenters. The molecule has 1 aromatic rings. The zero-order valence-corrected chi connectivity index (χ0v) is 11.7. The molecule has 1 amide bonds. The lowest BCUT2D eigenvalue weighted by atomic mass is 10.1. The summed E-state index contributed by atoms with van der Waals surface area (Å²) in [5.41, 5.74) is 5.32. The second kappa shape index (κ2) is 5.26. The van der Waals surface area contributed by atoms with Gasteiger partial charge in [0.05, 0.1) is 12.1 Å². The Morgan fingerprint density at radius 1 is 1.37 bits per heavy atom. The van der Waals surface area contributed by atoms with E-state index in [1.807, 2.05) is 18.7 Å². The third-order valence-corrected chi connectivity index (χ3v) is 3.22. The van der Waals surface area contributed by atoms with Crippen LogP contribution in [-0.4, -0.2) is 52.0 Å². The van der Waals surface area contributed by atoms with Gasteiger partial charge in [-0.15, -0.1) is 0 Å². The van der Waals surface area contributed by atoms with Crippen molar-refractivity contribution in [3.63, 3.8) is 0 Å². The van der Waals surface area contributed by atoms with E-state index in [1.165, 1.54) is 0 Å². The van der Waals surface area contributed by atoms with Gasteiger partial charge in [-0.2, -0.15) is 4.98 Å². The van der Waals surface area contributed by atoms with Gasteiger partial charge in [-0.1, -0.05) is 5.16 Å². The third-order valence-electron chi connectivity index (χ3n) is 3.22. The average Bonchev–Trinajstić information content (AvgIpc) is 2.78. The fourth-order valence-electron chi connectivity index (χ4n) is 1.99. The third kappa shape index (κ3) is 3.51. The molecule has 0 unspecified atom stereocenters. The van der Waals surface area contributed by atoms with Gasteiger partial charge in [0, 0.05) is 33.1 Å². The Morgan fingerprint density at radius 3 is 2.47 bits per heavy atom. The standard InChI is InChI=1S/C12H21N5O2/c1-9(18)17-6-4-16(5-7-17)8-10-14-11(15-19-10)12(2,3)13/h4-8,13H2,1-3H3. The van der Waals surface area contributed by atoms with Crippen molar-refractivity contribution in [2.75, 3.05) is 26.2 Å². The summed E-state index contributed by atoms with van der Waals surface area (Å²) in [7, 11) is 0. The zero-order chi connectivity index (χ0) is 14.0. The van der Waals surface area contributed by atoms with Crippen LogP contribution in [0.4, 0.5) is 0 Å². The smallest absolute Gasteiger partial charge is 0.240 e. The molecule has 1 aliphatic heterocycles. The molecule has 0 aliphatic carbocycles. The van der Waals surface area contributed by atoms with Gasteiger partial charge in [0.15, 0.2) is 5.82 Å². The quantitative estimate of drug-likeness (QED) is 0.824. The van der Waals surface area contributed by atoms with Gasteiger partial charge in [0.25, 0.3) is 0 Å². The number of hydrogen-bond acceptors (Lipinski definition) is 6. The first-order valence-corrected chi connectivity index (χ1v) is 6.46. The number of carbonyl (C=O) groups is 1. The molecule has 0 bridgehead atoms. The number of rotatable bonds is 3. The molecule has 0 radical (unpaired) electrons. The number of nitrogens with zero attached hydrogens (tertiary/aromatic N) is 4. The van der Waals surface area contributed by atoms with Gasteiger partial charge in [0.2, 0.25) is 11.8 Å². The summed E-state index contributed by atoms with van der Waals surface area (Å²) in [6, 6.07) is 0. The molecule has 106 valence electrons. The van der Waals surface area contributed by atoms with E-state index in [0.717, 1.165) is 26.2 Å². The molecule has 7 nitrogen and oxygen atoms in total. The first-order chi connectivity index (χ1) is 8.86. The molecular weight excluding hydrogens is 246 g/mol. The maximum Gasteiger partial charge on any atom is 0.240 e. The van der Waals surface area contributed by atoms with Crippen LogP contribution in [0.3, 0.4) is 0 Å². The number of hydrogen-bond donors (Lipinski definition) is 1. The highest BCUT2D eigenvalue weighted by molar-refractivity contribution is 5.73. The van der Waals surface area contributed by atoms with Crippen LogP contribution >= 0.6 is 0 Å². The highest BCUT2D eigenvalue weighted by atomic mass is 16.5. The number of piperazine rings is 1. The molecule has 1 saturated heterocycles. The van der Waals surface area contributed by atoms with Crippen molar-refractivity contribution < 1.29 is 9.32 Å². The lowest BCUT2D eigenvalue weighted by Crippen LogP contribution is -2.47. The minimum atomic E-state index is -0.588. The van der Waals surface area contributed by atoms with Gasteiger partial charge in [0.1, 0.15) is 0 Å². The number of amides is 1. The van der Waals surface area contributed by atoms with Crippen molar-refractivity contribution in [1.82, 2.24) is 19.9 Å². The van der Waals surface area contributed by atoms with Gasteiger partial charge in [-0.05, 0) is 13.8 Å². The Hall–Kier alpha value is -1.47. The van der Waals surface area contributed by atoms with E-state index in [0.29, 0.717) is 18.3 Å². The number of aromatic nitrogens is 2. The van der Waals surface area contributed by atoms with Crippen molar-refractivity contribution in [3.8, 4) is 0 Å². The zero-order valence-electron chi connectivity index (χ0n) is 11.7. The molecule has 0 saturated carbocycles. The van der Waals surface area contributed by atoms with Gasteiger partial charge in [-0.25, -0.2) is 0 Å². The van der Waals surface area contributed by atoms with Crippen LogP contribution < -0.4 is 5.73 Å². The molecule has 19 heavy (non-hydrogen) atoms. The SMILES string of the molecule is CC(=O)N1CCN(Cc2nc(C(C)(C)N)no2)CC1. The van der Waals surface area contributed by atoms with Crippen LogP contribution in [0.15, 0.2) is 4.52 Å². The summed E-state index contributed by atoms with van der Waals surface area (Å²) in [5, 5.41) is 3.89. The van der Waals surface area contributed by atoms with E-state index >= 15 is 0 Å². The first-order valence-electron chi connectivity index (χ1n) is 6.46. The monoisotopic (exact) mass is 267 g/mol. The van der Waals surface area contributed by atoms with Crippen LogP contribution in [0.5, 0.6) is 0 Å². The largest absolute Gasteiger partial charge is 0.340 e. The lowest BCUT2D eigenvalue weighted by Gasteiger charge is -2.33. The maximum atomic E-state index is 11.2. The first kappa shape index (κ1) is 14.0. The fraction of sp³-hybridized carbons (Fsp3) is 0.750. The van der Waals surface area contributed by atoms with Crippen molar-refractivity contribution in [3.05, 3.63) is 11.7 Å². The van der Waals surface area contributed by atoms with E-state index in [-0.39, 0.29) is 5.91 Å². The Labute approximate surface area is 112 Å².